The molecule has 0 N–H and O–H groups in total. The van der Waals surface area contributed by atoms with Gasteiger partial charge >= 0.3 is 5.97 Å². The van der Waals surface area contributed by atoms with E-state index in [0.29, 0.717) is 17.7 Å². The fraction of sp³-hybridized carbons (Fsp3) is 0.333. The monoisotopic (exact) mass is 222 g/mol. The van der Waals surface area contributed by atoms with Crippen molar-refractivity contribution in [2.45, 2.75) is 13.5 Å². The summed E-state index contributed by atoms with van der Waals surface area (Å²) in [6, 6.07) is 6.82. The van der Waals surface area contributed by atoms with Gasteiger partial charge in [0.2, 0.25) is 0 Å². The zero-order chi connectivity index (χ0) is 12.0. The Hall–Kier alpha value is -1.68. The molecule has 0 saturated carbocycles. The standard InChI is InChI=1S/C12H14O4/c1-3-16-12(14)11(13)10-7-5-4-6-9(10)8-15-2/h4-7H,3,8H2,1-2H3. The minimum absolute atomic E-state index is 0.191. The molecule has 1 aromatic rings. The molecule has 4 heteroatoms. The van der Waals surface area contributed by atoms with Gasteiger partial charge in [-0.25, -0.2) is 4.79 Å². The van der Waals surface area contributed by atoms with Crippen molar-refractivity contribution in [2.24, 2.45) is 0 Å². The zero-order valence-electron chi connectivity index (χ0n) is 9.36. The highest BCUT2D eigenvalue weighted by Gasteiger charge is 2.19. The third-order valence-corrected chi connectivity index (χ3v) is 2.02. The van der Waals surface area contributed by atoms with Crippen molar-refractivity contribution in [3.63, 3.8) is 0 Å². The number of benzene rings is 1. The van der Waals surface area contributed by atoms with E-state index >= 15 is 0 Å². The largest absolute Gasteiger partial charge is 0.460 e. The first kappa shape index (κ1) is 12.4. The van der Waals surface area contributed by atoms with Crippen molar-refractivity contribution in [1.82, 2.24) is 0 Å². The van der Waals surface area contributed by atoms with Gasteiger partial charge in [0.1, 0.15) is 0 Å². The van der Waals surface area contributed by atoms with Crippen LogP contribution < -0.4 is 0 Å². The molecule has 0 fully saturated rings. The molecular formula is C12H14O4. The first-order valence-corrected chi connectivity index (χ1v) is 4.99. The van der Waals surface area contributed by atoms with Crippen LogP contribution in [0, 0.1) is 0 Å². The van der Waals surface area contributed by atoms with E-state index in [-0.39, 0.29) is 6.61 Å². The van der Waals surface area contributed by atoms with Crippen LogP contribution in [0.15, 0.2) is 24.3 Å². The molecule has 0 aliphatic rings. The van der Waals surface area contributed by atoms with Gasteiger partial charge in [-0.3, -0.25) is 4.79 Å². The molecule has 0 aromatic heterocycles. The van der Waals surface area contributed by atoms with E-state index in [9.17, 15) is 9.59 Å². The van der Waals surface area contributed by atoms with E-state index in [1.165, 1.54) is 7.11 Å². The number of Topliss-reactive ketones (excluding diaryl/α,β-unsaturated/α-hetero) is 1. The summed E-state index contributed by atoms with van der Waals surface area (Å²) in [6.07, 6.45) is 0. The molecule has 0 spiro atoms. The molecule has 0 aliphatic carbocycles. The predicted octanol–water partition coefficient (Wildman–Crippen LogP) is 1.58. The molecule has 0 atom stereocenters. The molecule has 0 unspecified atom stereocenters. The summed E-state index contributed by atoms with van der Waals surface area (Å²) in [4.78, 5) is 23.0. The minimum atomic E-state index is -0.828. The maximum atomic E-state index is 11.7. The number of hydrogen-bond donors (Lipinski definition) is 0. The molecular weight excluding hydrogens is 208 g/mol. The number of hydrogen-bond acceptors (Lipinski definition) is 4. The van der Waals surface area contributed by atoms with Gasteiger partial charge in [0.15, 0.2) is 0 Å². The lowest BCUT2D eigenvalue weighted by atomic mass is 10.0. The second-order valence-corrected chi connectivity index (χ2v) is 3.14. The minimum Gasteiger partial charge on any atom is -0.460 e. The van der Waals surface area contributed by atoms with Crippen LogP contribution in [0.3, 0.4) is 0 Å². The summed E-state index contributed by atoms with van der Waals surface area (Å²) < 4.78 is 9.62. The first-order chi connectivity index (χ1) is 7.70. The quantitative estimate of drug-likeness (QED) is 0.431. The summed E-state index contributed by atoms with van der Waals surface area (Å²) in [5.74, 6) is -1.46. The van der Waals surface area contributed by atoms with Gasteiger partial charge in [-0.05, 0) is 12.5 Å². The Balaban J connectivity index is 2.94. The van der Waals surface area contributed by atoms with Gasteiger partial charge in [-0.2, -0.15) is 0 Å². The average molecular weight is 222 g/mol. The molecule has 0 amide bonds. The molecule has 0 aliphatic heterocycles. The molecule has 1 aromatic carbocycles. The normalized spacial score (nSPS) is 9.88. The van der Waals surface area contributed by atoms with Crippen molar-refractivity contribution < 1.29 is 19.1 Å². The molecule has 4 nitrogen and oxygen atoms in total. The number of ether oxygens (including phenoxy) is 2. The molecule has 0 radical (unpaired) electrons. The van der Waals surface area contributed by atoms with Crippen LogP contribution in [0.4, 0.5) is 0 Å². The lowest BCUT2D eigenvalue weighted by molar-refractivity contribution is -0.137. The lowest BCUT2D eigenvalue weighted by Gasteiger charge is -2.06. The first-order valence-electron chi connectivity index (χ1n) is 4.99. The Labute approximate surface area is 94.2 Å². The Kier molecular flexibility index (Phi) is 4.66. The van der Waals surface area contributed by atoms with Crippen molar-refractivity contribution in [1.29, 1.82) is 0 Å². The predicted molar refractivity (Wildman–Crippen MR) is 58.1 cm³/mol. The second-order valence-electron chi connectivity index (χ2n) is 3.14. The van der Waals surface area contributed by atoms with Crippen molar-refractivity contribution in [3.05, 3.63) is 35.4 Å². The molecule has 1 rings (SSSR count). The van der Waals surface area contributed by atoms with Crippen LogP contribution in [0.5, 0.6) is 0 Å². The molecule has 0 bridgehead atoms. The van der Waals surface area contributed by atoms with E-state index in [4.69, 9.17) is 4.74 Å². The number of ketones is 1. The Bertz CT molecular complexity index is 384. The maximum Gasteiger partial charge on any atom is 0.379 e. The summed E-state index contributed by atoms with van der Waals surface area (Å²) in [5, 5.41) is 0. The maximum absolute atomic E-state index is 11.7. The summed E-state index contributed by atoms with van der Waals surface area (Å²) in [5.41, 5.74) is 1.02. The van der Waals surface area contributed by atoms with Gasteiger partial charge in [-0.1, -0.05) is 24.3 Å². The van der Waals surface area contributed by atoms with Crippen LogP contribution >= 0.6 is 0 Å². The van der Waals surface area contributed by atoms with Crippen molar-refractivity contribution in [3.8, 4) is 0 Å². The van der Waals surface area contributed by atoms with Gasteiger partial charge in [0, 0.05) is 12.7 Å². The van der Waals surface area contributed by atoms with E-state index in [1.54, 1.807) is 31.2 Å². The fourth-order valence-corrected chi connectivity index (χ4v) is 1.33. The Morgan fingerprint density at radius 1 is 1.25 bits per heavy atom. The van der Waals surface area contributed by atoms with Gasteiger partial charge < -0.3 is 9.47 Å². The number of carbonyl (C=O) groups is 2. The van der Waals surface area contributed by atoms with Crippen LogP contribution in [0.25, 0.3) is 0 Å². The number of esters is 1. The zero-order valence-corrected chi connectivity index (χ0v) is 9.36. The summed E-state index contributed by atoms with van der Waals surface area (Å²) in [7, 11) is 1.53. The van der Waals surface area contributed by atoms with Crippen molar-refractivity contribution in [2.75, 3.05) is 13.7 Å². The molecule has 16 heavy (non-hydrogen) atoms. The van der Waals surface area contributed by atoms with Crippen LogP contribution in [0.2, 0.25) is 0 Å². The number of carbonyl (C=O) groups excluding carboxylic acids is 2. The molecule has 0 heterocycles. The van der Waals surface area contributed by atoms with Crippen LogP contribution in [-0.4, -0.2) is 25.5 Å². The van der Waals surface area contributed by atoms with Crippen LogP contribution in [-0.2, 0) is 20.9 Å². The van der Waals surface area contributed by atoms with Gasteiger partial charge in [0.05, 0.1) is 13.2 Å². The lowest BCUT2D eigenvalue weighted by Crippen LogP contribution is -2.19. The Morgan fingerprint density at radius 3 is 2.56 bits per heavy atom. The highest BCUT2D eigenvalue weighted by molar-refractivity contribution is 6.41. The summed E-state index contributed by atoms with van der Waals surface area (Å²) in [6.45, 7) is 2.14. The number of rotatable bonds is 5. The molecule has 0 saturated heterocycles. The average Bonchev–Trinajstić information content (AvgIpc) is 2.29. The third kappa shape index (κ3) is 2.90. The van der Waals surface area contributed by atoms with Gasteiger partial charge in [-0.15, -0.1) is 0 Å². The van der Waals surface area contributed by atoms with Crippen LogP contribution in [0.1, 0.15) is 22.8 Å². The van der Waals surface area contributed by atoms with E-state index in [2.05, 4.69) is 4.74 Å². The highest BCUT2D eigenvalue weighted by atomic mass is 16.5. The highest BCUT2D eigenvalue weighted by Crippen LogP contribution is 2.11. The topological polar surface area (TPSA) is 52.6 Å². The second kappa shape index (κ2) is 6.02. The van der Waals surface area contributed by atoms with E-state index in [0.717, 1.165) is 0 Å². The number of methoxy groups -OCH3 is 1. The molecule has 86 valence electrons. The van der Waals surface area contributed by atoms with Crippen molar-refractivity contribution >= 4 is 11.8 Å². The van der Waals surface area contributed by atoms with Gasteiger partial charge in [0.25, 0.3) is 5.78 Å². The fourth-order valence-electron chi connectivity index (χ4n) is 1.33. The smallest absolute Gasteiger partial charge is 0.379 e. The third-order valence-electron chi connectivity index (χ3n) is 2.02. The SMILES string of the molecule is CCOC(=O)C(=O)c1ccccc1COC. The summed E-state index contributed by atoms with van der Waals surface area (Å²) >= 11 is 0. The van der Waals surface area contributed by atoms with E-state index < -0.39 is 11.8 Å². The Morgan fingerprint density at radius 2 is 1.94 bits per heavy atom. The van der Waals surface area contributed by atoms with E-state index in [1.807, 2.05) is 0 Å².